The Balaban J connectivity index is 1.47. The first-order valence-electron chi connectivity index (χ1n) is 10.8. The lowest BCUT2D eigenvalue weighted by molar-refractivity contribution is -0.153. The van der Waals surface area contributed by atoms with Crippen LogP contribution in [0.1, 0.15) is 37.8 Å². The predicted molar refractivity (Wildman–Crippen MR) is 109 cm³/mol. The zero-order chi connectivity index (χ0) is 20.2. The number of fused-ring (bicyclic) bond motifs is 4. The molecule has 3 aliphatic rings. The van der Waals surface area contributed by atoms with E-state index in [4.69, 9.17) is 4.74 Å². The summed E-state index contributed by atoms with van der Waals surface area (Å²) in [6, 6.07) is 6.45. The van der Waals surface area contributed by atoms with Gasteiger partial charge in [0.2, 0.25) is 11.8 Å². The molecule has 1 aromatic heterocycles. The van der Waals surface area contributed by atoms with Crippen LogP contribution in [0.25, 0.3) is 0 Å². The zero-order valence-corrected chi connectivity index (χ0v) is 17.3. The van der Waals surface area contributed by atoms with Gasteiger partial charge in [-0.05, 0) is 43.2 Å². The minimum absolute atomic E-state index is 0.00358. The largest absolute Gasteiger partial charge is 0.384 e. The van der Waals surface area contributed by atoms with E-state index in [2.05, 4.69) is 26.2 Å². The molecule has 3 aliphatic heterocycles. The van der Waals surface area contributed by atoms with E-state index in [0.29, 0.717) is 43.9 Å². The summed E-state index contributed by atoms with van der Waals surface area (Å²) in [5.41, 5.74) is 1.09. The molecule has 7 heteroatoms. The van der Waals surface area contributed by atoms with Crippen molar-refractivity contribution in [1.29, 1.82) is 0 Å². The van der Waals surface area contributed by atoms with Crippen LogP contribution in [0.5, 0.6) is 0 Å². The van der Waals surface area contributed by atoms with Crippen molar-refractivity contribution in [3.8, 4) is 0 Å². The monoisotopic (exact) mass is 400 g/mol. The maximum absolute atomic E-state index is 12.8. The molecule has 158 valence electrons. The van der Waals surface area contributed by atoms with E-state index in [1.165, 1.54) is 0 Å². The first kappa shape index (κ1) is 20.3. The number of aromatic nitrogens is 1. The Bertz CT molecular complexity index is 713. The van der Waals surface area contributed by atoms with Crippen LogP contribution >= 0.6 is 0 Å². The molecule has 29 heavy (non-hydrogen) atoms. The Morgan fingerprint density at radius 1 is 1.31 bits per heavy atom. The number of pyridine rings is 1. The number of piperidine rings is 3. The molecule has 0 unspecified atom stereocenters. The van der Waals surface area contributed by atoms with Crippen molar-refractivity contribution in [3.63, 3.8) is 0 Å². The molecule has 2 bridgehead atoms. The van der Waals surface area contributed by atoms with Gasteiger partial charge in [-0.15, -0.1) is 0 Å². The van der Waals surface area contributed by atoms with Crippen molar-refractivity contribution in [2.24, 2.45) is 11.8 Å². The van der Waals surface area contributed by atoms with E-state index in [-0.39, 0.29) is 17.9 Å². The molecule has 4 rings (SSSR count). The molecular formula is C22H32N4O3. The summed E-state index contributed by atoms with van der Waals surface area (Å²) in [5, 5.41) is 3.06. The molecule has 0 spiro atoms. The van der Waals surface area contributed by atoms with E-state index in [1.807, 2.05) is 18.3 Å². The van der Waals surface area contributed by atoms with E-state index >= 15 is 0 Å². The molecule has 4 atom stereocenters. The van der Waals surface area contributed by atoms with Crippen LogP contribution in [0.2, 0.25) is 0 Å². The van der Waals surface area contributed by atoms with Crippen LogP contribution in [0.4, 0.5) is 0 Å². The summed E-state index contributed by atoms with van der Waals surface area (Å²) in [5.74, 6) is 1.17. The first-order valence-corrected chi connectivity index (χ1v) is 10.8. The number of hydrogen-bond acceptors (Lipinski definition) is 5. The number of carbonyl (C=O) groups is 2. The second kappa shape index (κ2) is 9.22. The van der Waals surface area contributed by atoms with E-state index in [1.54, 1.807) is 7.11 Å². The van der Waals surface area contributed by atoms with Crippen LogP contribution in [0, 0.1) is 11.8 Å². The van der Waals surface area contributed by atoms with E-state index in [0.717, 1.165) is 44.6 Å². The van der Waals surface area contributed by atoms with Gasteiger partial charge < -0.3 is 15.0 Å². The number of carbonyl (C=O) groups excluding carboxylic acids is 2. The number of methoxy groups -OCH3 is 1. The zero-order valence-electron chi connectivity index (χ0n) is 17.3. The summed E-state index contributed by atoms with van der Waals surface area (Å²) in [7, 11) is 1.60. The Kier molecular flexibility index (Phi) is 6.45. The minimum atomic E-state index is -0.00358. The van der Waals surface area contributed by atoms with Crippen LogP contribution in [-0.2, 0) is 20.9 Å². The third-order valence-corrected chi connectivity index (χ3v) is 6.73. The number of hydrogen-bond donors (Lipinski definition) is 1. The van der Waals surface area contributed by atoms with Crippen molar-refractivity contribution < 1.29 is 14.3 Å². The highest BCUT2D eigenvalue weighted by Crippen LogP contribution is 2.41. The van der Waals surface area contributed by atoms with Gasteiger partial charge in [-0.2, -0.15) is 0 Å². The summed E-state index contributed by atoms with van der Waals surface area (Å²) >= 11 is 0. The van der Waals surface area contributed by atoms with Crippen LogP contribution in [-0.4, -0.2) is 72.0 Å². The number of likely N-dealkylation sites (tertiary alicyclic amines) is 1. The molecule has 0 aromatic carbocycles. The van der Waals surface area contributed by atoms with Gasteiger partial charge in [-0.25, -0.2) is 0 Å². The number of nitrogens with one attached hydrogen (secondary N) is 1. The average molecular weight is 401 g/mol. The molecule has 3 saturated heterocycles. The maximum atomic E-state index is 12.8. The highest BCUT2D eigenvalue weighted by molar-refractivity contribution is 5.78. The van der Waals surface area contributed by atoms with Crippen LogP contribution < -0.4 is 5.32 Å². The lowest BCUT2D eigenvalue weighted by Gasteiger charge is -2.56. The van der Waals surface area contributed by atoms with Gasteiger partial charge in [0.25, 0.3) is 0 Å². The van der Waals surface area contributed by atoms with Gasteiger partial charge in [0.1, 0.15) is 0 Å². The Hall–Kier alpha value is -1.99. The normalized spacial score (nSPS) is 29.4. The topological polar surface area (TPSA) is 74.8 Å². The molecule has 4 heterocycles. The maximum Gasteiger partial charge on any atom is 0.223 e. The third kappa shape index (κ3) is 4.61. The van der Waals surface area contributed by atoms with E-state index < -0.39 is 0 Å². The molecule has 0 saturated carbocycles. The van der Waals surface area contributed by atoms with Gasteiger partial charge in [0.15, 0.2) is 0 Å². The van der Waals surface area contributed by atoms with E-state index in [9.17, 15) is 9.59 Å². The quantitative estimate of drug-likeness (QED) is 0.750. The molecular weight excluding hydrogens is 368 g/mol. The molecule has 3 fully saturated rings. The standard InChI is InChI=1S/C22H32N4O3/c1-29-10-8-21(27)24-12-20-17-11-16(19-6-4-7-22(28)26(19)20)13-25(14-17)15-18-5-2-3-9-23-18/h2-3,5,9,16-17,19-20H,4,6-8,10-15H2,1H3,(H,24,27)/t16-,17+,19+,20+/m1/s1. The Morgan fingerprint density at radius 2 is 2.17 bits per heavy atom. The van der Waals surface area contributed by atoms with Crippen LogP contribution in [0.3, 0.4) is 0 Å². The number of ether oxygens (including phenoxy) is 1. The molecule has 1 aromatic rings. The smallest absolute Gasteiger partial charge is 0.223 e. The van der Waals surface area contributed by atoms with Crippen molar-refractivity contribution >= 4 is 11.8 Å². The van der Waals surface area contributed by atoms with Gasteiger partial charge in [0, 0.05) is 58.4 Å². The molecule has 7 nitrogen and oxygen atoms in total. The second-order valence-electron chi connectivity index (χ2n) is 8.65. The third-order valence-electron chi connectivity index (χ3n) is 6.73. The number of rotatable bonds is 7. The predicted octanol–water partition coefficient (Wildman–Crippen LogP) is 1.44. The molecule has 0 aliphatic carbocycles. The molecule has 2 amide bonds. The average Bonchev–Trinajstić information content (AvgIpc) is 2.73. The SMILES string of the molecule is COCCC(=O)NC[C@H]1[C@H]2C[C@H](CN(Cc3ccccn3)C2)[C@@H]2CCCC(=O)N21. The van der Waals surface area contributed by atoms with Crippen molar-refractivity contribution in [1.82, 2.24) is 20.1 Å². The summed E-state index contributed by atoms with van der Waals surface area (Å²) in [6.07, 6.45) is 6.05. The second-order valence-corrected chi connectivity index (χ2v) is 8.65. The van der Waals surface area contributed by atoms with Gasteiger partial charge in [0.05, 0.1) is 18.3 Å². The Labute approximate surface area is 172 Å². The molecule has 1 N–H and O–H groups in total. The summed E-state index contributed by atoms with van der Waals surface area (Å²) in [4.78, 5) is 34.1. The summed E-state index contributed by atoms with van der Waals surface area (Å²) in [6.45, 7) is 3.78. The van der Waals surface area contributed by atoms with Gasteiger partial charge in [-0.3, -0.25) is 19.5 Å². The lowest BCUT2D eigenvalue weighted by atomic mass is 9.72. The van der Waals surface area contributed by atoms with Crippen LogP contribution in [0.15, 0.2) is 24.4 Å². The fourth-order valence-electron chi connectivity index (χ4n) is 5.49. The van der Waals surface area contributed by atoms with Crippen molar-refractivity contribution in [2.75, 3.05) is 33.4 Å². The number of nitrogens with zero attached hydrogens (tertiary/aromatic N) is 3. The van der Waals surface area contributed by atoms with Gasteiger partial charge in [-0.1, -0.05) is 6.07 Å². The van der Waals surface area contributed by atoms with Crippen molar-refractivity contribution in [3.05, 3.63) is 30.1 Å². The van der Waals surface area contributed by atoms with Crippen molar-refractivity contribution in [2.45, 2.75) is 50.7 Å². The minimum Gasteiger partial charge on any atom is -0.384 e. The van der Waals surface area contributed by atoms with Gasteiger partial charge >= 0.3 is 0 Å². The highest BCUT2D eigenvalue weighted by atomic mass is 16.5. The fourth-order valence-corrected chi connectivity index (χ4v) is 5.49. The Morgan fingerprint density at radius 3 is 2.97 bits per heavy atom. The first-order chi connectivity index (χ1) is 14.2. The molecule has 0 radical (unpaired) electrons. The lowest BCUT2D eigenvalue weighted by Crippen LogP contribution is -2.67. The highest BCUT2D eigenvalue weighted by Gasteiger charge is 2.49. The summed E-state index contributed by atoms with van der Waals surface area (Å²) < 4.78 is 5.01. The number of amides is 2. The fraction of sp³-hybridized carbons (Fsp3) is 0.682.